The Labute approximate surface area is 142 Å². The van der Waals surface area contributed by atoms with E-state index in [1.165, 1.54) is 18.4 Å². The molecule has 1 aromatic rings. The number of ether oxygens (including phenoxy) is 1. The standard InChI is InChI=1S/C20H35NO2/c1-7-9-12-21(8-2)14-18(22)15-23-19-11-10-17(13-16(19)3)20(4,5)6/h10-11,13,18,22H,7-9,12,14-15H2,1-6H3/t18-/m0/s1. The lowest BCUT2D eigenvalue weighted by molar-refractivity contribution is 0.0692. The first-order chi connectivity index (χ1) is 10.8. The van der Waals surface area contributed by atoms with E-state index in [0.717, 1.165) is 24.4 Å². The van der Waals surface area contributed by atoms with Gasteiger partial charge in [0.15, 0.2) is 0 Å². The van der Waals surface area contributed by atoms with Crippen LogP contribution in [0.5, 0.6) is 5.75 Å². The lowest BCUT2D eigenvalue weighted by Crippen LogP contribution is -2.36. The Morgan fingerprint density at radius 3 is 2.43 bits per heavy atom. The number of benzene rings is 1. The summed E-state index contributed by atoms with van der Waals surface area (Å²) in [5.41, 5.74) is 2.58. The second-order valence-electron chi connectivity index (χ2n) is 7.44. The molecule has 0 spiro atoms. The van der Waals surface area contributed by atoms with E-state index < -0.39 is 6.10 Å². The van der Waals surface area contributed by atoms with E-state index in [2.05, 4.69) is 58.6 Å². The van der Waals surface area contributed by atoms with Crippen LogP contribution in [0, 0.1) is 6.92 Å². The van der Waals surface area contributed by atoms with E-state index in [9.17, 15) is 5.11 Å². The maximum absolute atomic E-state index is 10.2. The zero-order valence-electron chi connectivity index (χ0n) is 15.9. The van der Waals surface area contributed by atoms with Crippen LogP contribution in [0.2, 0.25) is 0 Å². The summed E-state index contributed by atoms with van der Waals surface area (Å²) in [5, 5.41) is 10.2. The molecule has 1 rings (SSSR count). The van der Waals surface area contributed by atoms with Gasteiger partial charge in [-0.1, -0.05) is 53.2 Å². The predicted octanol–water partition coefficient (Wildman–Crippen LogP) is 4.15. The van der Waals surface area contributed by atoms with Crippen molar-refractivity contribution in [1.82, 2.24) is 4.90 Å². The van der Waals surface area contributed by atoms with E-state index in [1.54, 1.807) is 0 Å². The Morgan fingerprint density at radius 2 is 1.91 bits per heavy atom. The van der Waals surface area contributed by atoms with Crippen LogP contribution in [0.3, 0.4) is 0 Å². The first-order valence-electron chi connectivity index (χ1n) is 8.92. The van der Waals surface area contributed by atoms with Crippen molar-refractivity contribution in [3.05, 3.63) is 29.3 Å². The number of likely N-dealkylation sites (N-methyl/N-ethyl adjacent to an activating group) is 1. The molecule has 0 unspecified atom stereocenters. The highest BCUT2D eigenvalue weighted by molar-refractivity contribution is 5.38. The van der Waals surface area contributed by atoms with Crippen LogP contribution < -0.4 is 4.74 Å². The van der Waals surface area contributed by atoms with Crippen molar-refractivity contribution in [3.63, 3.8) is 0 Å². The molecule has 0 aliphatic heterocycles. The number of unbranched alkanes of at least 4 members (excludes halogenated alkanes) is 1. The molecule has 0 saturated carbocycles. The van der Waals surface area contributed by atoms with Gasteiger partial charge in [0.1, 0.15) is 18.5 Å². The third-order valence-electron chi connectivity index (χ3n) is 4.22. The smallest absolute Gasteiger partial charge is 0.122 e. The highest BCUT2D eigenvalue weighted by Gasteiger charge is 2.16. The summed E-state index contributed by atoms with van der Waals surface area (Å²) < 4.78 is 5.84. The van der Waals surface area contributed by atoms with Gasteiger partial charge in [0.2, 0.25) is 0 Å². The molecule has 3 heteroatoms. The van der Waals surface area contributed by atoms with Crippen molar-refractivity contribution < 1.29 is 9.84 Å². The molecule has 1 N–H and O–H groups in total. The van der Waals surface area contributed by atoms with Crippen LogP contribution in [0.15, 0.2) is 18.2 Å². The van der Waals surface area contributed by atoms with Crippen molar-refractivity contribution in [2.45, 2.75) is 65.9 Å². The molecule has 0 aliphatic carbocycles. The average molecular weight is 322 g/mol. The summed E-state index contributed by atoms with van der Waals surface area (Å²) in [7, 11) is 0. The molecule has 0 aliphatic rings. The molecule has 0 heterocycles. The number of nitrogens with zero attached hydrogens (tertiary/aromatic N) is 1. The Kier molecular flexibility index (Phi) is 8.07. The van der Waals surface area contributed by atoms with Crippen molar-refractivity contribution in [2.24, 2.45) is 0 Å². The zero-order chi connectivity index (χ0) is 17.5. The van der Waals surface area contributed by atoms with Crippen molar-refractivity contribution in [1.29, 1.82) is 0 Å². The van der Waals surface area contributed by atoms with E-state index in [1.807, 2.05) is 6.07 Å². The molecule has 0 bridgehead atoms. The monoisotopic (exact) mass is 321 g/mol. The van der Waals surface area contributed by atoms with Crippen LogP contribution in [-0.2, 0) is 5.41 Å². The number of aliphatic hydroxyl groups is 1. The van der Waals surface area contributed by atoms with Crippen molar-refractivity contribution in [3.8, 4) is 5.75 Å². The van der Waals surface area contributed by atoms with Crippen molar-refractivity contribution in [2.75, 3.05) is 26.2 Å². The first-order valence-corrected chi connectivity index (χ1v) is 8.92. The number of hydrogen-bond donors (Lipinski definition) is 1. The van der Waals surface area contributed by atoms with Crippen LogP contribution in [-0.4, -0.2) is 42.4 Å². The summed E-state index contributed by atoms with van der Waals surface area (Å²) in [4.78, 5) is 2.28. The van der Waals surface area contributed by atoms with Gasteiger partial charge in [-0.25, -0.2) is 0 Å². The summed E-state index contributed by atoms with van der Waals surface area (Å²) in [6.45, 7) is 16.1. The minimum atomic E-state index is -0.450. The topological polar surface area (TPSA) is 32.7 Å². The van der Waals surface area contributed by atoms with Gasteiger partial charge in [-0.15, -0.1) is 0 Å². The molecule has 0 aromatic heterocycles. The van der Waals surface area contributed by atoms with Gasteiger partial charge in [0.25, 0.3) is 0 Å². The van der Waals surface area contributed by atoms with Crippen LogP contribution >= 0.6 is 0 Å². The first kappa shape index (κ1) is 20.0. The molecular formula is C20H35NO2. The van der Waals surface area contributed by atoms with Gasteiger partial charge in [0, 0.05) is 6.54 Å². The highest BCUT2D eigenvalue weighted by atomic mass is 16.5. The molecule has 0 fully saturated rings. The quantitative estimate of drug-likeness (QED) is 0.741. The number of rotatable bonds is 9. The summed E-state index contributed by atoms with van der Waals surface area (Å²) >= 11 is 0. The van der Waals surface area contributed by atoms with Crippen LogP contribution in [0.4, 0.5) is 0 Å². The lowest BCUT2D eigenvalue weighted by Gasteiger charge is -2.24. The molecule has 1 atom stereocenters. The van der Waals surface area contributed by atoms with Crippen LogP contribution in [0.1, 0.15) is 58.6 Å². The fourth-order valence-corrected chi connectivity index (χ4v) is 2.57. The lowest BCUT2D eigenvalue weighted by atomic mass is 9.86. The maximum atomic E-state index is 10.2. The van der Waals surface area contributed by atoms with Crippen molar-refractivity contribution >= 4 is 0 Å². The normalized spacial score (nSPS) is 13.4. The Bertz CT molecular complexity index is 465. The molecule has 132 valence electrons. The zero-order valence-corrected chi connectivity index (χ0v) is 15.9. The molecule has 23 heavy (non-hydrogen) atoms. The Hall–Kier alpha value is -1.06. The van der Waals surface area contributed by atoms with E-state index >= 15 is 0 Å². The predicted molar refractivity (Wildman–Crippen MR) is 98.4 cm³/mol. The van der Waals surface area contributed by atoms with Gasteiger partial charge < -0.3 is 14.7 Å². The molecule has 3 nitrogen and oxygen atoms in total. The molecular weight excluding hydrogens is 286 g/mol. The number of hydrogen-bond acceptors (Lipinski definition) is 3. The maximum Gasteiger partial charge on any atom is 0.122 e. The number of aliphatic hydroxyl groups excluding tert-OH is 1. The van der Waals surface area contributed by atoms with Crippen LogP contribution in [0.25, 0.3) is 0 Å². The molecule has 0 saturated heterocycles. The largest absolute Gasteiger partial charge is 0.491 e. The van der Waals surface area contributed by atoms with Gasteiger partial charge >= 0.3 is 0 Å². The Balaban J connectivity index is 2.54. The third-order valence-corrected chi connectivity index (χ3v) is 4.22. The summed E-state index contributed by atoms with van der Waals surface area (Å²) in [6.07, 6.45) is 1.91. The summed E-state index contributed by atoms with van der Waals surface area (Å²) in [5.74, 6) is 0.869. The van der Waals surface area contributed by atoms with E-state index in [4.69, 9.17) is 4.74 Å². The minimum Gasteiger partial charge on any atom is -0.491 e. The SMILES string of the molecule is CCCCN(CC)C[C@H](O)COc1ccc(C(C)(C)C)cc1C. The molecule has 0 amide bonds. The van der Waals surface area contributed by atoms with E-state index in [0.29, 0.717) is 13.2 Å². The average Bonchev–Trinajstić information content (AvgIpc) is 2.49. The third kappa shape index (κ3) is 6.92. The van der Waals surface area contributed by atoms with Gasteiger partial charge in [-0.2, -0.15) is 0 Å². The van der Waals surface area contributed by atoms with E-state index in [-0.39, 0.29) is 5.41 Å². The summed E-state index contributed by atoms with van der Waals surface area (Å²) in [6, 6.07) is 6.33. The molecule has 1 aromatic carbocycles. The minimum absolute atomic E-state index is 0.143. The molecule has 0 radical (unpaired) electrons. The highest BCUT2D eigenvalue weighted by Crippen LogP contribution is 2.27. The fourth-order valence-electron chi connectivity index (χ4n) is 2.57. The second-order valence-corrected chi connectivity index (χ2v) is 7.44. The van der Waals surface area contributed by atoms with Gasteiger partial charge in [0.05, 0.1) is 0 Å². The van der Waals surface area contributed by atoms with Gasteiger partial charge in [-0.3, -0.25) is 0 Å². The Morgan fingerprint density at radius 1 is 1.22 bits per heavy atom. The number of aryl methyl sites for hydroxylation is 1. The second kappa shape index (κ2) is 9.29. The van der Waals surface area contributed by atoms with Gasteiger partial charge in [-0.05, 0) is 49.0 Å². The fraction of sp³-hybridized carbons (Fsp3) is 0.700.